The van der Waals surface area contributed by atoms with E-state index in [0.717, 1.165) is 20.8 Å². The summed E-state index contributed by atoms with van der Waals surface area (Å²) < 4.78 is 6.28. The normalized spacial score (nSPS) is 10.5. The van der Waals surface area contributed by atoms with Crippen molar-refractivity contribution in [2.75, 3.05) is 11.9 Å². The van der Waals surface area contributed by atoms with Crippen LogP contribution in [0, 0.1) is 0 Å². The molecular weight excluding hydrogens is 314 g/mol. The first kappa shape index (κ1) is 15.1. The minimum atomic E-state index is -0.148. The molecule has 2 heterocycles. The Bertz CT molecular complexity index is 876. The average molecular weight is 327 g/mol. The molecule has 0 aliphatic carbocycles. The zero-order valence-electron chi connectivity index (χ0n) is 12.3. The average Bonchev–Trinajstić information content (AvgIpc) is 2.96. The van der Waals surface area contributed by atoms with E-state index in [1.54, 1.807) is 24.5 Å². The van der Waals surface area contributed by atoms with E-state index in [-0.39, 0.29) is 12.5 Å². The molecule has 0 fully saturated rings. The molecule has 1 N–H and O–H groups in total. The summed E-state index contributed by atoms with van der Waals surface area (Å²) >= 11 is 1.52. The molecule has 1 aromatic carbocycles. The van der Waals surface area contributed by atoms with Crippen LogP contribution in [0.5, 0.6) is 5.75 Å². The Kier molecular flexibility index (Phi) is 4.29. The molecule has 0 spiro atoms. The highest BCUT2D eigenvalue weighted by Gasteiger charge is 2.09. The van der Waals surface area contributed by atoms with E-state index in [0.29, 0.717) is 17.7 Å². The highest BCUT2D eigenvalue weighted by atomic mass is 32.1. The van der Waals surface area contributed by atoms with Gasteiger partial charge in [-0.25, -0.2) is 4.98 Å². The third-order valence-electron chi connectivity index (χ3n) is 2.98. The summed E-state index contributed by atoms with van der Waals surface area (Å²) in [6, 6.07) is 7.33. The maximum atomic E-state index is 11.1. The van der Waals surface area contributed by atoms with Crippen LogP contribution >= 0.6 is 11.3 Å². The van der Waals surface area contributed by atoms with Crippen LogP contribution in [0.15, 0.2) is 36.7 Å². The van der Waals surface area contributed by atoms with Crippen LogP contribution in [0.1, 0.15) is 6.92 Å². The van der Waals surface area contributed by atoms with Crippen molar-refractivity contribution in [3.8, 4) is 16.3 Å². The van der Waals surface area contributed by atoms with E-state index >= 15 is 0 Å². The molecule has 3 rings (SSSR count). The molecule has 0 aliphatic rings. The van der Waals surface area contributed by atoms with Gasteiger partial charge >= 0.3 is 0 Å². The molecule has 3 aromatic rings. The maximum absolute atomic E-state index is 11.1. The van der Waals surface area contributed by atoms with Crippen LogP contribution in [0.4, 0.5) is 5.69 Å². The lowest BCUT2D eigenvalue weighted by atomic mass is 10.2. The Balaban J connectivity index is 1.93. The molecule has 0 bridgehead atoms. The van der Waals surface area contributed by atoms with Gasteiger partial charge in [0.05, 0.1) is 22.1 Å². The quantitative estimate of drug-likeness (QED) is 0.729. The van der Waals surface area contributed by atoms with Crippen molar-refractivity contribution in [2.45, 2.75) is 6.92 Å². The molecule has 6 nitrogen and oxygen atoms in total. The smallest absolute Gasteiger partial charge is 0.221 e. The second-order valence-corrected chi connectivity index (χ2v) is 5.80. The number of aromatic nitrogens is 2. The number of hydrogen-bond acceptors (Lipinski definition) is 6. The third kappa shape index (κ3) is 3.51. The summed E-state index contributed by atoms with van der Waals surface area (Å²) in [7, 11) is 0. The van der Waals surface area contributed by atoms with Crippen molar-refractivity contribution in [3.05, 3.63) is 36.7 Å². The molecule has 0 saturated heterocycles. The van der Waals surface area contributed by atoms with E-state index < -0.39 is 0 Å². The Labute approximate surface area is 136 Å². The van der Waals surface area contributed by atoms with Crippen molar-refractivity contribution in [2.24, 2.45) is 0 Å². The van der Waals surface area contributed by atoms with Gasteiger partial charge in [-0.15, -0.1) is 11.3 Å². The van der Waals surface area contributed by atoms with Gasteiger partial charge in [-0.2, -0.15) is 0 Å². The van der Waals surface area contributed by atoms with Crippen LogP contribution in [0.2, 0.25) is 0 Å². The van der Waals surface area contributed by atoms with Gasteiger partial charge in [0.15, 0.2) is 6.29 Å². The lowest BCUT2D eigenvalue weighted by molar-refractivity contribution is -0.114. The number of fused-ring (bicyclic) bond motifs is 1. The van der Waals surface area contributed by atoms with E-state index in [9.17, 15) is 9.59 Å². The van der Waals surface area contributed by atoms with Gasteiger partial charge in [0.2, 0.25) is 5.91 Å². The number of anilines is 1. The molecular formula is C16H13N3O3S. The zero-order valence-corrected chi connectivity index (χ0v) is 13.1. The van der Waals surface area contributed by atoms with Crippen LogP contribution < -0.4 is 10.1 Å². The van der Waals surface area contributed by atoms with Gasteiger partial charge in [-0.05, 0) is 18.2 Å². The summed E-state index contributed by atoms with van der Waals surface area (Å²) in [5.74, 6) is 0.455. The second-order valence-electron chi connectivity index (χ2n) is 4.77. The fourth-order valence-electron chi connectivity index (χ4n) is 2.08. The predicted molar refractivity (Wildman–Crippen MR) is 88.7 cm³/mol. The third-order valence-corrected chi connectivity index (χ3v) is 4.07. The fourth-order valence-corrected chi connectivity index (χ4v) is 3.01. The minimum Gasteiger partial charge on any atom is -0.486 e. The minimum absolute atomic E-state index is 0.0190. The second kappa shape index (κ2) is 6.53. The standard InChI is InChI=1S/C16H13N3O3S/c1-10(21)18-12-6-11(8-17-9-12)16-19-14-7-13(22-5-4-20)2-3-15(14)23-16/h2-4,6-9H,5H2,1H3,(H,18,21). The lowest BCUT2D eigenvalue weighted by Crippen LogP contribution is -2.05. The van der Waals surface area contributed by atoms with Crippen molar-refractivity contribution < 1.29 is 14.3 Å². The number of nitrogens with one attached hydrogen (secondary N) is 1. The number of aldehydes is 1. The van der Waals surface area contributed by atoms with Crippen LogP contribution in [0.25, 0.3) is 20.8 Å². The molecule has 0 aliphatic heterocycles. The fraction of sp³-hybridized carbons (Fsp3) is 0.125. The number of carbonyl (C=O) groups excluding carboxylic acids is 2. The van der Waals surface area contributed by atoms with E-state index in [2.05, 4.69) is 15.3 Å². The summed E-state index contributed by atoms with van der Waals surface area (Å²) in [6.07, 6.45) is 3.99. The highest BCUT2D eigenvalue weighted by Crippen LogP contribution is 2.32. The molecule has 23 heavy (non-hydrogen) atoms. The number of carbonyl (C=O) groups is 2. The van der Waals surface area contributed by atoms with Crippen LogP contribution in [-0.2, 0) is 9.59 Å². The molecule has 0 atom stereocenters. The number of amides is 1. The maximum Gasteiger partial charge on any atom is 0.221 e. The Morgan fingerprint density at radius 3 is 3.00 bits per heavy atom. The van der Waals surface area contributed by atoms with Gasteiger partial charge < -0.3 is 10.1 Å². The topological polar surface area (TPSA) is 81.2 Å². The number of benzene rings is 1. The number of ether oxygens (including phenoxy) is 1. The van der Waals surface area contributed by atoms with Gasteiger partial charge in [0.1, 0.15) is 17.4 Å². The van der Waals surface area contributed by atoms with Gasteiger partial charge in [0, 0.05) is 24.8 Å². The van der Waals surface area contributed by atoms with E-state index in [1.165, 1.54) is 18.3 Å². The molecule has 1 amide bonds. The van der Waals surface area contributed by atoms with Crippen molar-refractivity contribution >= 4 is 39.4 Å². The first-order valence-electron chi connectivity index (χ1n) is 6.86. The SMILES string of the molecule is CC(=O)Nc1cncc(-c2nc3cc(OCC=O)ccc3s2)c1. The van der Waals surface area contributed by atoms with Crippen molar-refractivity contribution in [3.63, 3.8) is 0 Å². The van der Waals surface area contributed by atoms with E-state index in [4.69, 9.17) is 4.74 Å². The summed E-state index contributed by atoms with van der Waals surface area (Å²) in [5.41, 5.74) is 2.25. The van der Waals surface area contributed by atoms with Gasteiger partial charge in [0.25, 0.3) is 0 Å². The summed E-state index contributed by atoms with van der Waals surface area (Å²) in [4.78, 5) is 30.2. The van der Waals surface area contributed by atoms with Crippen LogP contribution in [0.3, 0.4) is 0 Å². The molecule has 0 radical (unpaired) electrons. The number of hydrogen-bond donors (Lipinski definition) is 1. The largest absolute Gasteiger partial charge is 0.486 e. The first-order chi connectivity index (χ1) is 11.2. The van der Waals surface area contributed by atoms with Gasteiger partial charge in [-0.1, -0.05) is 0 Å². The molecule has 7 heteroatoms. The van der Waals surface area contributed by atoms with Crippen LogP contribution in [-0.4, -0.2) is 28.8 Å². The summed E-state index contributed by atoms with van der Waals surface area (Å²) in [6.45, 7) is 1.47. The highest BCUT2D eigenvalue weighted by molar-refractivity contribution is 7.21. The number of rotatable bonds is 5. The number of thiazole rings is 1. The van der Waals surface area contributed by atoms with Gasteiger partial charge in [-0.3, -0.25) is 14.6 Å². The Morgan fingerprint density at radius 2 is 2.22 bits per heavy atom. The van der Waals surface area contributed by atoms with Crippen molar-refractivity contribution in [1.82, 2.24) is 9.97 Å². The zero-order chi connectivity index (χ0) is 16.2. The predicted octanol–water partition coefficient (Wildman–Crippen LogP) is 2.89. The lowest BCUT2D eigenvalue weighted by Gasteiger charge is -2.02. The first-order valence-corrected chi connectivity index (χ1v) is 7.67. The monoisotopic (exact) mass is 327 g/mol. The van der Waals surface area contributed by atoms with Crippen molar-refractivity contribution in [1.29, 1.82) is 0 Å². The summed E-state index contributed by atoms with van der Waals surface area (Å²) in [5, 5.41) is 3.50. The Hall–Kier alpha value is -2.80. The number of nitrogens with zero attached hydrogens (tertiary/aromatic N) is 2. The Morgan fingerprint density at radius 1 is 1.35 bits per heavy atom. The molecule has 0 unspecified atom stereocenters. The molecule has 116 valence electrons. The molecule has 0 saturated carbocycles. The van der Waals surface area contributed by atoms with E-state index in [1.807, 2.05) is 12.1 Å². The molecule has 2 aromatic heterocycles. The number of pyridine rings is 1.